The molecule has 8 heteroatoms. The Morgan fingerprint density at radius 1 is 1.24 bits per heavy atom. The second-order valence-electron chi connectivity index (χ2n) is 7.03. The lowest BCUT2D eigenvalue weighted by Crippen LogP contribution is -2.76. The van der Waals surface area contributed by atoms with Gasteiger partial charge < -0.3 is 10.2 Å². The van der Waals surface area contributed by atoms with Crippen LogP contribution in [0.3, 0.4) is 0 Å². The summed E-state index contributed by atoms with van der Waals surface area (Å²) in [4.78, 5) is 15.6. The van der Waals surface area contributed by atoms with Gasteiger partial charge in [0.2, 0.25) is 0 Å². The van der Waals surface area contributed by atoms with E-state index in [1.807, 2.05) is 38.1 Å². The maximum atomic E-state index is 12.7. The summed E-state index contributed by atoms with van der Waals surface area (Å²) >= 11 is 3.39. The Bertz CT molecular complexity index is 621. The summed E-state index contributed by atoms with van der Waals surface area (Å²) in [6, 6.07) is 7.14. The van der Waals surface area contributed by atoms with Crippen LogP contribution in [0.4, 0.5) is 18.0 Å². The van der Waals surface area contributed by atoms with Gasteiger partial charge in [-0.25, -0.2) is 4.79 Å². The Labute approximate surface area is 153 Å². The molecule has 3 atom stereocenters. The molecule has 4 nitrogen and oxygen atoms in total. The number of rotatable bonds is 3. The molecule has 0 aliphatic carbocycles. The minimum absolute atomic E-state index is 0.00812. The number of piperazine rings is 1. The molecule has 2 fully saturated rings. The van der Waals surface area contributed by atoms with E-state index in [4.69, 9.17) is 0 Å². The summed E-state index contributed by atoms with van der Waals surface area (Å²) in [7, 11) is 0. The first-order chi connectivity index (χ1) is 11.7. The number of hydrogen-bond acceptors (Lipinski definition) is 2. The molecular weight excluding hydrogens is 399 g/mol. The molecule has 1 aromatic rings. The topological polar surface area (TPSA) is 35.6 Å². The number of carbonyl (C=O) groups excluding carboxylic acids is 1. The number of hydrogen-bond donors (Lipinski definition) is 1. The summed E-state index contributed by atoms with van der Waals surface area (Å²) in [6.07, 6.45) is -4.22. The minimum Gasteiger partial charge on any atom is -0.336 e. The lowest BCUT2D eigenvalue weighted by Gasteiger charge is -2.61. The van der Waals surface area contributed by atoms with Crippen LogP contribution in [0, 0.1) is 0 Å². The first-order valence-corrected chi connectivity index (χ1v) is 9.08. The zero-order chi connectivity index (χ0) is 18.4. The smallest absolute Gasteiger partial charge is 0.336 e. The van der Waals surface area contributed by atoms with Gasteiger partial charge in [-0.2, -0.15) is 13.2 Å². The molecule has 2 aliphatic heterocycles. The molecule has 2 amide bonds. The largest absolute Gasteiger partial charge is 0.401 e. The fourth-order valence-electron chi connectivity index (χ4n) is 3.89. The third kappa shape index (κ3) is 3.95. The first kappa shape index (κ1) is 18.5. The molecule has 1 unspecified atom stereocenters. The second-order valence-corrected chi connectivity index (χ2v) is 7.95. The zero-order valence-electron chi connectivity index (χ0n) is 14.1. The molecule has 2 saturated heterocycles. The Morgan fingerprint density at radius 3 is 2.28 bits per heavy atom. The number of benzene rings is 1. The van der Waals surface area contributed by atoms with Gasteiger partial charge in [0.05, 0.1) is 18.6 Å². The average Bonchev–Trinajstić information content (AvgIpc) is 2.46. The third-order valence-corrected chi connectivity index (χ3v) is 5.27. The fourth-order valence-corrected chi connectivity index (χ4v) is 4.15. The van der Waals surface area contributed by atoms with Gasteiger partial charge in [0, 0.05) is 29.5 Å². The van der Waals surface area contributed by atoms with Crippen molar-refractivity contribution in [1.82, 2.24) is 15.1 Å². The molecule has 1 N–H and O–H groups in total. The van der Waals surface area contributed by atoms with E-state index in [1.54, 1.807) is 4.90 Å². The molecule has 0 spiro atoms. The van der Waals surface area contributed by atoms with Gasteiger partial charge in [0.1, 0.15) is 0 Å². The molecule has 138 valence electrons. The number of likely N-dealkylation sites (tertiary alicyclic amines) is 1. The highest BCUT2D eigenvalue weighted by Gasteiger charge is 2.56. The Morgan fingerprint density at radius 2 is 1.80 bits per heavy atom. The molecule has 2 aliphatic rings. The predicted octanol–water partition coefficient (Wildman–Crippen LogP) is 3.58. The zero-order valence-corrected chi connectivity index (χ0v) is 15.6. The van der Waals surface area contributed by atoms with Crippen LogP contribution in [-0.2, 0) is 0 Å². The number of alkyl halides is 3. The van der Waals surface area contributed by atoms with E-state index in [1.165, 1.54) is 4.90 Å². The first-order valence-electron chi connectivity index (χ1n) is 8.29. The highest BCUT2D eigenvalue weighted by atomic mass is 79.9. The SMILES string of the molecule is CC(C)NC(=O)N1[C@@H]2CN(CC(F)(F)F)C[C@H]1C2c1ccc(Br)cc1. The molecule has 0 saturated carbocycles. The maximum Gasteiger partial charge on any atom is 0.401 e. The van der Waals surface area contributed by atoms with Crippen LogP contribution in [0.2, 0.25) is 0 Å². The highest BCUT2D eigenvalue weighted by Crippen LogP contribution is 2.45. The van der Waals surface area contributed by atoms with Gasteiger partial charge in [0.25, 0.3) is 0 Å². The monoisotopic (exact) mass is 419 g/mol. The van der Waals surface area contributed by atoms with E-state index in [9.17, 15) is 18.0 Å². The lowest BCUT2D eigenvalue weighted by atomic mass is 9.72. The number of urea groups is 1. The molecule has 0 radical (unpaired) electrons. The van der Waals surface area contributed by atoms with E-state index in [0.29, 0.717) is 0 Å². The number of amides is 2. The van der Waals surface area contributed by atoms with Crippen molar-refractivity contribution >= 4 is 22.0 Å². The lowest BCUT2D eigenvalue weighted by molar-refractivity contribution is -0.165. The van der Waals surface area contributed by atoms with Crippen LogP contribution in [0.15, 0.2) is 28.7 Å². The third-order valence-electron chi connectivity index (χ3n) is 4.74. The van der Waals surface area contributed by atoms with Gasteiger partial charge in [-0.1, -0.05) is 28.1 Å². The maximum absolute atomic E-state index is 12.7. The fraction of sp³-hybridized carbons (Fsp3) is 0.588. The molecule has 0 aromatic heterocycles. The Kier molecular flexibility index (Phi) is 5.03. The number of carbonyl (C=O) groups is 1. The molecular formula is C17H21BrF3N3O. The van der Waals surface area contributed by atoms with Crippen LogP contribution < -0.4 is 5.32 Å². The number of halogens is 4. The average molecular weight is 420 g/mol. The molecule has 1 aromatic carbocycles. The summed E-state index contributed by atoms with van der Waals surface area (Å²) in [5.74, 6) is 0.0792. The van der Waals surface area contributed by atoms with Gasteiger partial charge in [-0.15, -0.1) is 0 Å². The van der Waals surface area contributed by atoms with Crippen LogP contribution in [-0.4, -0.2) is 59.8 Å². The van der Waals surface area contributed by atoms with Crippen LogP contribution in [0.1, 0.15) is 25.3 Å². The summed E-state index contributed by atoms with van der Waals surface area (Å²) < 4.78 is 39.2. The van der Waals surface area contributed by atoms with E-state index >= 15 is 0 Å². The van der Waals surface area contributed by atoms with E-state index in [-0.39, 0.29) is 43.2 Å². The summed E-state index contributed by atoms with van der Waals surface area (Å²) in [6.45, 7) is 3.29. The second kappa shape index (κ2) is 6.79. The van der Waals surface area contributed by atoms with E-state index in [0.717, 1.165) is 10.0 Å². The quantitative estimate of drug-likeness (QED) is 0.812. The van der Waals surface area contributed by atoms with Crippen molar-refractivity contribution < 1.29 is 18.0 Å². The van der Waals surface area contributed by atoms with Crippen LogP contribution >= 0.6 is 15.9 Å². The van der Waals surface area contributed by atoms with E-state index in [2.05, 4.69) is 21.2 Å². The standard InChI is InChI=1S/C17H21BrF3N3O/c1-10(2)22-16(25)24-13-7-23(9-17(19,20)21)8-14(24)15(13)11-3-5-12(18)6-4-11/h3-6,10,13-15H,7-9H2,1-2H3,(H,22,25)/t13-,14+,15?. The Balaban J connectivity index is 1.78. The molecule has 3 rings (SSSR count). The van der Waals surface area contributed by atoms with Crippen molar-refractivity contribution in [3.63, 3.8) is 0 Å². The van der Waals surface area contributed by atoms with Crippen molar-refractivity contribution in [2.24, 2.45) is 0 Å². The summed E-state index contributed by atoms with van der Waals surface area (Å²) in [5.41, 5.74) is 1.07. The number of nitrogens with zero attached hydrogens (tertiary/aromatic N) is 2. The van der Waals surface area contributed by atoms with Crippen molar-refractivity contribution in [3.05, 3.63) is 34.3 Å². The van der Waals surface area contributed by atoms with Gasteiger partial charge in [0.15, 0.2) is 0 Å². The van der Waals surface area contributed by atoms with Crippen molar-refractivity contribution in [2.75, 3.05) is 19.6 Å². The van der Waals surface area contributed by atoms with Crippen molar-refractivity contribution in [1.29, 1.82) is 0 Å². The number of fused-ring (bicyclic) bond motifs is 2. The van der Waals surface area contributed by atoms with E-state index < -0.39 is 12.7 Å². The molecule has 25 heavy (non-hydrogen) atoms. The summed E-state index contributed by atoms with van der Waals surface area (Å²) in [5, 5.41) is 2.86. The Hall–Kier alpha value is -1.28. The van der Waals surface area contributed by atoms with Crippen molar-refractivity contribution in [3.8, 4) is 0 Å². The van der Waals surface area contributed by atoms with Crippen LogP contribution in [0.25, 0.3) is 0 Å². The number of nitrogens with one attached hydrogen (secondary N) is 1. The normalized spacial score (nSPS) is 26.5. The minimum atomic E-state index is -4.22. The molecule has 2 heterocycles. The van der Waals surface area contributed by atoms with Crippen molar-refractivity contribution in [2.45, 2.75) is 44.1 Å². The highest BCUT2D eigenvalue weighted by molar-refractivity contribution is 9.10. The number of piperidine rings is 1. The predicted molar refractivity (Wildman–Crippen MR) is 92.5 cm³/mol. The van der Waals surface area contributed by atoms with Gasteiger partial charge in [-0.3, -0.25) is 4.90 Å². The molecule has 2 bridgehead atoms. The van der Waals surface area contributed by atoms with Crippen LogP contribution in [0.5, 0.6) is 0 Å². The van der Waals surface area contributed by atoms with Gasteiger partial charge in [-0.05, 0) is 31.5 Å². The van der Waals surface area contributed by atoms with Gasteiger partial charge >= 0.3 is 12.2 Å².